The Labute approximate surface area is 112 Å². The first-order valence-electron chi connectivity index (χ1n) is 5.66. The molecule has 0 unspecified atom stereocenters. The van der Waals surface area contributed by atoms with Crippen LogP contribution in [0, 0.1) is 11.6 Å². The zero-order valence-electron chi connectivity index (χ0n) is 9.67. The summed E-state index contributed by atoms with van der Waals surface area (Å²) >= 11 is 3.05. The van der Waals surface area contributed by atoms with E-state index in [1.165, 1.54) is 12.1 Å². The molecule has 18 heavy (non-hydrogen) atoms. The lowest BCUT2D eigenvalue weighted by Crippen LogP contribution is -2.34. The maximum Gasteiger partial charge on any atom is 0.144 e. The van der Waals surface area contributed by atoms with E-state index < -0.39 is 11.6 Å². The SMILES string of the molecule is ON=C1CCN(Cc2c(F)ccc(Br)c2F)CC1. The molecule has 0 aromatic heterocycles. The monoisotopic (exact) mass is 318 g/mol. The van der Waals surface area contributed by atoms with Gasteiger partial charge in [0.2, 0.25) is 0 Å². The van der Waals surface area contributed by atoms with Gasteiger partial charge in [-0.25, -0.2) is 8.78 Å². The summed E-state index contributed by atoms with van der Waals surface area (Å²) in [5.41, 5.74) is 0.815. The second kappa shape index (κ2) is 5.75. The third-order valence-electron chi connectivity index (χ3n) is 3.10. The topological polar surface area (TPSA) is 35.8 Å². The molecule has 6 heteroatoms. The number of oxime groups is 1. The zero-order chi connectivity index (χ0) is 13.1. The number of nitrogens with zero attached hydrogens (tertiary/aromatic N) is 2. The average molecular weight is 319 g/mol. The Hall–Kier alpha value is -1.01. The summed E-state index contributed by atoms with van der Waals surface area (Å²) < 4.78 is 27.6. The third kappa shape index (κ3) is 2.87. The summed E-state index contributed by atoms with van der Waals surface area (Å²) in [6, 6.07) is 2.62. The van der Waals surface area contributed by atoms with Gasteiger partial charge in [-0.05, 0) is 28.1 Å². The molecule has 1 fully saturated rings. The number of likely N-dealkylation sites (tertiary alicyclic amines) is 1. The van der Waals surface area contributed by atoms with Crippen LogP contribution in [0.15, 0.2) is 21.8 Å². The molecule has 1 aliphatic rings. The maximum atomic E-state index is 13.8. The molecule has 1 aromatic rings. The number of benzene rings is 1. The number of hydrogen-bond donors (Lipinski definition) is 1. The van der Waals surface area contributed by atoms with E-state index >= 15 is 0 Å². The maximum absolute atomic E-state index is 13.8. The van der Waals surface area contributed by atoms with Crippen molar-refractivity contribution in [2.75, 3.05) is 13.1 Å². The molecule has 1 saturated heterocycles. The van der Waals surface area contributed by atoms with Gasteiger partial charge < -0.3 is 5.21 Å². The van der Waals surface area contributed by atoms with Gasteiger partial charge in [0.25, 0.3) is 0 Å². The van der Waals surface area contributed by atoms with Crippen molar-refractivity contribution in [3.63, 3.8) is 0 Å². The smallest absolute Gasteiger partial charge is 0.144 e. The lowest BCUT2D eigenvalue weighted by Gasteiger charge is -2.27. The molecular weight excluding hydrogens is 306 g/mol. The Morgan fingerprint density at radius 3 is 2.56 bits per heavy atom. The van der Waals surface area contributed by atoms with Gasteiger partial charge in [-0.15, -0.1) is 0 Å². The summed E-state index contributed by atoms with van der Waals surface area (Å²) in [7, 11) is 0. The van der Waals surface area contributed by atoms with Crippen LogP contribution in [-0.2, 0) is 6.54 Å². The van der Waals surface area contributed by atoms with Gasteiger partial charge in [-0.1, -0.05) is 5.16 Å². The van der Waals surface area contributed by atoms with Crippen molar-refractivity contribution in [3.8, 4) is 0 Å². The fourth-order valence-corrected chi connectivity index (χ4v) is 2.38. The van der Waals surface area contributed by atoms with Crippen LogP contribution in [0.4, 0.5) is 8.78 Å². The van der Waals surface area contributed by atoms with Crippen LogP contribution in [-0.4, -0.2) is 28.9 Å². The van der Waals surface area contributed by atoms with Crippen molar-refractivity contribution in [2.24, 2.45) is 5.16 Å². The molecule has 1 aliphatic heterocycles. The van der Waals surface area contributed by atoms with Gasteiger partial charge in [-0.2, -0.15) is 0 Å². The number of halogens is 3. The van der Waals surface area contributed by atoms with E-state index in [1.54, 1.807) is 0 Å². The van der Waals surface area contributed by atoms with Gasteiger partial charge in [0.15, 0.2) is 0 Å². The Bertz CT molecular complexity index is 469. The van der Waals surface area contributed by atoms with Gasteiger partial charge in [-0.3, -0.25) is 4.90 Å². The van der Waals surface area contributed by atoms with E-state index in [0.29, 0.717) is 25.9 Å². The molecule has 0 aliphatic carbocycles. The van der Waals surface area contributed by atoms with Crippen molar-refractivity contribution in [2.45, 2.75) is 19.4 Å². The van der Waals surface area contributed by atoms with E-state index in [-0.39, 0.29) is 16.6 Å². The van der Waals surface area contributed by atoms with Crippen LogP contribution in [0.2, 0.25) is 0 Å². The molecule has 0 saturated carbocycles. The molecular formula is C12H13BrF2N2O. The number of rotatable bonds is 2. The molecule has 1 N–H and O–H groups in total. The molecule has 1 aromatic carbocycles. The van der Waals surface area contributed by atoms with Crippen LogP contribution in [0.3, 0.4) is 0 Å². The lowest BCUT2D eigenvalue weighted by atomic mass is 10.1. The highest BCUT2D eigenvalue weighted by Crippen LogP contribution is 2.23. The van der Waals surface area contributed by atoms with E-state index in [1.807, 2.05) is 4.90 Å². The van der Waals surface area contributed by atoms with Crippen molar-refractivity contribution < 1.29 is 14.0 Å². The Kier molecular flexibility index (Phi) is 4.29. The molecule has 1 heterocycles. The van der Waals surface area contributed by atoms with Crippen LogP contribution in [0.5, 0.6) is 0 Å². The zero-order valence-corrected chi connectivity index (χ0v) is 11.3. The highest BCUT2D eigenvalue weighted by Gasteiger charge is 2.19. The third-order valence-corrected chi connectivity index (χ3v) is 3.71. The van der Waals surface area contributed by atoms with E-state index in [4.69, 9.17) is 5.21 Å². The molecule has 98 valence electrons. The summed E-state index contributed by atoms with van der Waals surface area (Å²) in [5.74, 6) is -1.08. The predicted molar refractivity (Wildman–Crippen MR) is 67.8 cm³/mol. The minimum Gasteiger partial charge on any atom is -0.411 e. The summed E-state index contributed by atoms with van der Waals surface area (Å²) in [5, 5.41) is 11.8. The first-order chi connectivity index (χ1) is 8.61. The second-order valence-electron chi connectivity index (χ2n) is 4.26. The minimum atomic E-state index is -0.545. The van der Waals surface area contributed by atoms with Crippen LogP contribution in [0.25, 0.3) is 0 Å². The van der Waals surface area contributed by atoms with Gasteiger partial charge in [0.05, 0.1) is 10.2 Å². The highest BCUT2D eigenvalue weighted by atomic mass is 79.9. The molecule has 2 rings (SSSR count). The molecule has 0 bridgehead atoms. The van der Waals surface area contributed by atoms with Crippen LogP contribution in [0.1, 0.15) is 18.4 Å². The number of piperidine rings is 1. The summed E-state index contributed by atoms with van der Waals surface area (Å²) in [4.78, 5) is 1.95. The molecule has 0 spiro atoms. The quantitative estimate of drug-likeness (QED) is 0.516. The number of hydrogen-bond acceptors (Lipinski definition) is 3. The highest BCUT2D eigenvalue weighted by molar-refractivity contribution is 9.10. The standard InChI is InChI=1S/C12H13BrF2N2O/c13-10-1-2-11(14)9(12(10)15)7-17-5-3-8(16-18)4-6-17/h1-2,18H,3-7H2. The van der Waals surface area contributed by atoms with Crippen molar-refractivity contribution in [3.05, 3.63) is 33.8 Å². The predicted octanol–water partition coefficient (Wildman–Crippen LogP) is 3.15. The fraction of sp³-hybridized carbons (Fsp3) is 0.417. The van der Waals surface area contributed by atoms with Gasteiger partial charge in [0.1, 0.15) is 11.6 Å². The normalized spacial score (nSPS) is 16.9. The lowest BCUT2D eigenvalue weighted by molar-refractivity contribution is 0.249. The first-order valence-corrected chi connectivity index (χ1v) is 6.45. The van der Waals surface area contributed by atoms with E-state index in [9.17, 15) is 8.78 Å². The Balaban J connectivity index is 2.09. The van der Waals surface area contributed by atoms with Crippen molar-refractivity contribution >= 4 is 21.6 Å². The fourth-order valence-electron chi connectivity index (χ4n) is 2.01. The van der Waals surface area contributed by atoms with Gasteiger partial charge >= 0.3 is 0 Å². The first kappa shape index (κ1) is 13.4. The van der Waals surface area contributed by atoms with E-state index in [2.05, 4.69) is 21.1 Å². The average Bonchev–Trinajstić information content (AvgIpc) is 2.40. The second-order valence-corrected chi connectivity index (χ2v) is 5.12. The van der Waals surface area contributed by atoms with Gasteiger partial charge in [0, 0.05) is 38.0 Å². The Morgan fingerprint density at radius 2 is 1.94 bits per heavy atom. The molecule has 3 nitrogen and oxygen atoms in total. The molecule has 0 amide bonds. The van der Waals surface area contributed by atoms with Crippen LogP contribution >= 0.6 is 15.9 Å². The Morgan fingerprint density at radius 1 is 1.28 bits per heavy atom. The molecule has 0 radical (unpaired) electrons. The van der Waals surface area contributed by atoms with E-state index in [0.717, 1.165) is 5.71 Å². The summed E-state index contributed by atoms with van der Waals surface area (Å²) in [6.07, 6.45) is 1.27. The van der Waals surface area contributed by atoms with Crippen molar-refractivity contribution in [1.29, 1.82) is 0 Å². The van der Waals surface area contributed by atoms with Crippen molar-refractivity contribution in [1.82, 2.24) is 4.90 Å². The minimum absolute atomic E-state index is 0.0776. The van der Waals surface area contributed by atoms with Crippen LogP contribution < -0.4 is 0 Å². The molecule has 0 atom stereocenters. The largest absolute Gasteiger partial charge is 0.411 e. The summed E-state index contributed by atoms with van der Waals surface area (Å²) in [6.45, 7) is 1.52.